The van der Waals surface area contributed by atoms with E-state index in [0.29, 0.717) is 5.75 Å². The summed E-state index contributed by atoms with van der Waals surface area (Å²) in [5.74, 6) is 0.460. The number of carbonyl (C=O) groups excluding carboxylic acids is 1. The summed E-state index contributed by atoms with van der Waals surface area (Å²) < 4.78 is 8.51. The third kappa shape index (κ3) is 5.14. The number of hydrogen-bond acceptors (Lipinski definition) is 4. The van der Waals surface area contributed by atoms with E-state index < -0.39 is 6.09 Å². The highest BCUT2D eigenvalue weighted by Crippen LogP contribution is 2.27. The highest BCUT2D eigenvalue weighted by Gasteiger charge is 2.21. The molecule has 0 saturated carbocycles. The number of nitrogens with zero attached hydrogens (tertiary/aromatic N) is 3. The molecule has 0 aliphatic heterocycles. The quantitative estimate of drug-likeness (QED) is 0.780. The van der Waals surface area contributed by atoms with E-state index in [1.165, 1.54) is 16.3 Å². The molecule has 0 spiro atoms. The van der Waals surface area contributed by atoms with Crippen molar-refractivity contribution in [3.8, 4) is 5.75 Å². The van der Waals surface area contributed by atoms with Gasteiger partial charge in [0.25, 0.3) is 0 Å². The molecule has 108 valence electrons. The molecule has 0 N–H and O–H groups in total. The van der Waals surface area contributed by atoms with E-state index in [1.807, 2.05) is 41.5 Å². The molecule has 6 heteroatoms. The van der Waals surface area contributed by atoms with E-state index in [4.69, 9.17) is 4.74 Å². The molecule has 1 aromatic rings. The Morgan fingerprint density at radius 1 is 1.32 bits per heavy atom. The van der Waals surface area contributed by atoms with Gasteiger partial charge in [-0.1, -0.05) is 0 Å². The van der Waals surface area contributed by atoms with Gasteiger partial charge in [0.2, 0.25) is 0 Å². The second kappa shape index (κ2) is 5.45. The molecule has 1 rings (SSSR count). The molecular weight excluding hydrogens is 262 g/mol. The summed E-state index contributed by atoms with van der Waals surface area (Å²) in [6, 6.07) is 0. The number of ether oxygens (including phenoxy) is 1. The van der Waals surface area contributed by atoms with Crippen LogP contribution in [0.3, 0.4) is 0 Å². The van der Waals surface area contributed by atoms with Gasteiger partial charge < -0.3 is 4.74 Å². The average Bonchev–Trinajstić information content (AvgIpc) is 2.62. The van der Waals surface area contributed by atoms with Gasteiger partial charge in [0.05, 0.1) is 17.9 Å². The molecule has 5 nitrogen and oxygen atoms in total. The van der Waals surface area contributed by atoms with E-state index in [2.05, 4.69) is 5.10 Å². The standard InChI is InChI=1S/C13H23N3O2S/c1-12(2,3)16-9-10(8-14-16)18-11(17)15(7)19-13(4,5)6/h8-9H,1-7H3. The molecule has 0 unspecified atom stereocenters. The van der Waals surface area contributed by atoms with E-state index in [1.54, 1.807) is 24.1 Å². The van der Waals surface area contributed by atoms with Gasteiger partial charge in [0, 0.05) is 11.8 Å². The fourth-order valence-corrected chi connectivity index (χ4v) is 2.27. The monoisotopic (exact) mass is 285 g/mol. The van der Waals surface area contributed by atoms with Crippen molar-refractivity contribution in [2.24, 2.45) is 0 Å². The lowest BCUT2D eigenvalue weighted by atomic mass is 10.1. The van der Waals surface area contributed by atoms with Crippen molar-refractivity contribution in [1.82, 2.24) is 14.1 Å². The maximum absolute atomic E-state index is 11.9. The number of aromatic nitrogens is 2. The molecule has 0 saturated heterocycles. The molecule has 0 bridgehead atoms. The van der Waals surface area contributed by atoms with Gasteiger partial charge in [0.15, 0.2) is 5.75 Å². The van der Waals surface area contributed by atoms with Crippen molar-refractivity contribution in [1.29, 1.82) is 0 Å². The Hall–Kier alpha value is -1.17. The normalized spacial score (nSPS) is 12.4. The van der Waals surface area contributed by atoms with Crippen LogP contribution in [0.2, 0.25) is 0 Å². The van der Waals surface area contributed by atoms with E-state index in [9.17, 15) is 4.79 Å². The van der Waals surface area contributed by atoms with Crippen molar-refractivity contribution in [2.75, 3.05) is 7.05 Å². The van der Waals surface area contributed by atoms with Gasteiger partial charge >= 0.3 is 6.09 Å². The summed E-state index contributed by atoms with van der Waals surface area (Å²) in [5, 5.41) is 4.19. The first-order chi connectivity index (χ1) is 8.49. The smallest absolute Gasteiger partial charge is 0.406 e. The van der Waals surface area contributed by atoms with Gasteiger partial charge in [-0.05, 0) is 53.5 Å². The highest BCUT2D eigenvalue weighted by molar-refractivity contribution is 7.98. The Kier molecular flexibility index (Phi) is 4.55. The fourth-order valence-electron chi connectivity index (χ4n) is 1.34. The van der Waals surface area contributed by atoms with Crippen LogP contribution >= 0.6 is 11.9 Å². The summed E-state index contributed by atoms with van der Waals surface area (Å²) >= 11 is 1.43. The van der Waals surface area contributed by atoms with Crippen LogP contribution in [-0.4, -0.2) is 32.0 Å². The minimum Gasteiger partial charge on any atom is -0.406 e. The number of carbonyl (C=O) groups is 1. The lowest BCUT2D eigenvalue weighted by molar-refractivity contribution is 0.187. The fraction of sp³-hybridized carbons (Fsp3) is 0.692. The number of hydrogen-bond donors (Lipinski definition) is 0. The molecule has 1 amide bonds. The lowest BCUT2D eigenvalue weighted by Crippen LogP contribution is -2.28. The first kappa shape index (κ1) is 15.9. The SMILES string of the molecule is CN(SC(C)(C)C)C(=O)Oc1cnn(C(C)(C)C)c1. The Balaban J connectivity index is 2.65. The molecule has 1 heterocycles. The van der Waals surface area contributed by atoms with Crippen LogP contribution in [0.4, 0.5) is 4.79 Å². The number of amides is 1. The molecule has 0 aliphatic carbocycles. The molecule has 19 heavy (non-hydrogen) atoms. The van der Waals surface area contributed by atoms with Crippen LogP contribution in [0.1, 0.15) is 41.5 Å². The first-order valence-corrected chi connectivity index (χ1v) is 6.96. The van der Waals surface area contributed by atoms with Gasteiger partial charge in [-0.3, -0.25) is 8.99 Å². The highest BCUT2D eigenvalue weighted by atomic mass is 32.2. The lowest BCUT2D eigenvalue weighted by Gasteiger charge is -2.24. The third-order valence-electron chi connectivity index (χ3n) is 2.12. The van der Waals surface area contributed by atoms with Gasteiger partial charge in [-0.25, -0.2) is 4.79 Å². The summed E-state index contributed by atoms with van der Waals surface area (Å²) in [6.07, 6.45) is 2.89. The summed E-state index contributed by atoms with van der Waals surface area (Å²) in [5.41, 5.74) is -0.128. The van der Waals surface area contributed by atoms with Crippen LogP contribution in [-0.2, 0) is 5.54 Å². The molecule has 0 fully saturated rings. The largest absolute Gasteiger partial charge is 0.425 e. The van der Waals surface area contributed by atoms with Crippen molar-refractivity contribution in [3.63, 3.8) is 0 Å². The van der Waals surface area contributed by atoms with Crippen LogP contribution in [0.5, 0.6) is 5.75 Å². The predicted octanol–water partition coefficient (Wildman–Crippen LogP) is 3.52. The average molecular weight is 285 g/mol. The topological polar surface area (TPSA) is 47.4 Å². The Morgan fingerprint density at radius 2 is 1.89 bits per heavy atom. The zero-order valence-corrected chi connectivity index (χ0v) is 13.5. The van der Waals surface area contributed by atoms with Crippen molar-refractivity contribution in [2.45, 2.75) is 51.8 Å². The van der Waals surface area contributed by atoms with Crippen LogP contribution in [0.25, 0.3) is 0 Å². The molecule has 1 aromatic heterocycles. The summed E-state index contributed by atoms with van der Waals surface area (Å²) in [7, 11) is 1.70. The van der Waals surface area contributed by atoms with Crippen molar-refractivity contribution in [3.05, 3.63) is 12.4 Å². The summed E-state index contributed by atoms with van der Waals surface area (Å²) in [4.78, 5) is 11.9. The Bertz CT molecular complexity index is 443. The molecule has 0 aliphatic rings. The Morgan fingerprint density at radius 3 is 2.32 bits per heavy atom. The van der Waals surface area contributed by atoms with E-state index >= 15 is 0 Å². The molecule has 0 aromatic carbocycles. The first-order valence-electron chi connectivity index (χ1n) is 6.19. The van der Waals surface area contributed by atoms with E-state index in [0.717, 1.165) is 0 Å². The van der Waals surface area contributed by atoms with E-state index in [-0.39, 0.29) is 10.3 Å². The van der Waals surface area contributed by atoms with Crippen molar-refractivity contribution < 1.29 is 9.53 Å². The number of rotatable bonds is 2. The zero-order valence-electron chi connectivity index (χ0n) is 12.7. The minimum absolute atomic E-state index is 0.0383. The third-order valence-corrected chi connectivity index (χ3v) is 3.09. The van der Waals surface area contributed by atoms with Gasteiger partial charge in [-0.2, -0.15) is 5.10 Å². The summed E-state index contributed by atoms with van der Waals surface area (Å²) in [6.45, 7) is 12.2. The molecular formula is C13H23N3O2S. The van der Waals surface area contributed by atoms with Gasteiger partial charge in [0.1, 0.15) is 0 Å². The Labute approximate surface area is 119 Å². The van der Waals surface area contributed by atoms with Crippen LogP contribution in [0.15, 0.2) is 12.4 Å². The van der Waals surface area contributed by atoms with Crippen LogP contribution in [0, 0.1) is 0 Å². The molecule has 0 radical (unpaired) electrons. The van der Waals surface area contributed by atoms with Crippen molar-refractivity contribution >= 4 is 18.0 Å². The maximum atomic E-state index is 11.9. The van der Waals surface area contributed by atoms with Crippen LogP contribution < -0.4 is 4.74 Å². The maximum Gasteiger partial charge on any atom is 0.425 e. The minimum atomic E-state index is -0.395. The van der Waals surface area contributed by atoms with Gasteiger partial charge in [-0.15, -0.1) is 0 Å². The molecule has 0 atom stereocenters. The second-order valence-corrected chi connectivity index (χ2v) is 8.32. The zero-order chi connectivity index (χ0) is 14.8. The second-order valence-electron chi connectivity index (χ2n) is 6.36. The predicted molar refractivity (Wildman–Crippen MR) is 78.4 cm³/mol.